The Labute approximate surface area is 131 Å². The molecule has 3 rings (SSSR count). The van der Waals surface area contributed by atoms with Gasteiger partial charge in [0.1, 0.15) is 0 Å². The second-order valence-electron chi connectivity index (χ2n) is 6.13. The van der Waals surface area contributed by atoms with Gasteiger partial charge >= 0.3 is 0 Å². The van der Waals surface area contributed by atoms with Gasteiger partial charge in [0.2, 0.25) is 5.91 Å². The molecule has 0 radical (unpaired) electrons. The zero-order valence-electron chi connectivity index (χ0n) is 13.2. The number of fused-ring (bicyclic) bond motifs is 1. The van der Waals surface area contributed by atoms with E-state index in [0.717, 1.165) is 32.5 Å². The molecule has 0 saturated carbocycles. The lowest BCUT2D eigenvalue weighted by molar-refractivity contribution is -0.131. The highest BCUT2D eigenvalue weighted by atomic mass is 16.5. The molecule has 1 N–H and O–H groups in total. The number of carbonyl (C=O) groups excluding carboxylic acids is 1. The first kappa shape index (κ1) is 15.1. The minimum atomic E-state index is 0.263. The number of aromatic nitrogens is 1. The van der Waals surface area contributed by atoms with E-state index in [1.165, 1.54) is 16.5 Å². The molecule has 1 amide bonds. The summed E-state index contributed by atoms with van der Waals surface area (Å²) in [6.07, 6.45) is 4.47. The van der Waals surface area contributed by atoms with E-state index in [2.05, 4.69) is 36.2 Å². The number of benzene rings is 1. The number of aromatic amines is 1. The van der Waals surface area contributed by atoms with Crippen LogP contribution in [-0.4, -0.2) is 42.1 Å². The number of nitrogens with zero attached hydrogens (tertiary/aromatic N) is 1. The smallest absolute Gasteiger partial charge is 0.222 e. The van der Waals surface area contributed by atoms with Crippen molar-refractivity contribution in [3.63, 3.8) is 0 Å². The Balaban J connectivity index is 1.68. The number of hydrogen-bond acceptors (Lipinski definition) is 2. The maximum Gasteiger partial charge on any atom is 0.222 e. The summed E-state index contributed by atoms with van der Waals surface area (Å²) in [6.45, 7) is 4.98. The highest BCUT2D eigenvalue weighted by molar-refractivity contribution is 5.80. The monoisotopic (exact) mass is 300 g/mol. The van der Waals surface area contributed by atoms with E-state index >= 15 is 0 Å². The second-order valence-corrected chi connectivity index (χ2v) is 6.13. The summed E-state index contributed by atoms with van der Waals surface area (Å²) in [7, 11) is 0. The van der Waals surface area contributed by atoms with E-state index in [1.807, 2.05) is 11.1 Å². The lowest BCUT2D eigenvalue weighted by atomic mass is 9.98. The van der Waals surface area contributed by atoms with Gasteiger partial charge in [-0.3, -0.25) is 4.79 Å². The van der Waals surface area contributed by atoms with Crippen LogP contribution in [0.3, 0.4) is 0 Å². The maximum atomic E-state index is 12.2. The predicted octanol–water partition coefficient (Wildman–Crippen LogP) is 2.99. The molecule has 4 nitrogen and oxygen atoms in total. The summed E-state index contributed by atoms with van der Waals surface area (Å²) in [4.78, 5) is 17.4. The van der Waals surface area contributed by atoms with Crippen LogP contribution in [0.1, 0.15) is 25.3 Å². The van der Waals surface area contributed by atoms with Gasteiger partial charge in [-0.15, -0.1) is 0 Å². The Morgan fingerprint density at radius 1 is 1.41 bits per heavy atom. The molecule has 1 atom stereocenters. The molecule has 118 valence electrons. The van der Waals surface area contributed by atoms with Crippen LogP contribution < -0.4 is 0 Å². The van der Waals surface area contributed by atoms with E-state index in [0.29, 0.717) is 18.9 Å². The van der Waals surface area contributed by atoms with Gasteiger partial charge in [0.05, 0.1) is 13.2 Å². The Hall–Kier alpha value is -1.81. The van der Waals surface area contributed by atoms with Crippen molar-refractivity contribution in [1.29, 1.82) is 0 Å². The van der Waals surface area contributed by atoms with Crippen LogP contribution in [0.15, 0.2) is 30.5 Å². The fourth-order valence-electron chi connectivity index (χ4n) is 3.17. The van der Waals surface area contributed by atoms with E-state index in [-0.39, 0.29) is 5.91 Å². The third-order valence-corrected chi connectivity index (χ3v) is 4.30. The van der Waals surface area contributed by atoms with Crippen molar-refractivity contribution in [3.05, 3.63) is 36.0 Å². The summed E-state index contributed by atoms with van der Waals surface area (Å²) in [6, 6.07) is 8.62. The number of rotatable bonds is 4. The molecule has 1 aliphatic heterocycles. The SMILES string of the molecule is CCCC(=O)N1CCOC[C@H](Cc2ccc3[nH]ccc3c2)C1. The minimum absolute atomic E-state index is 0.263. The van der Waals surface area contributed by atoms with Crippen molar-refractivity contribution in [3.8, 4) is 0 Å². The van der Waals surface area contributed by atoms with Crippen molar-refractivity contribution in [2.45, 2.75) is 26.2 Å². The van der Waals surface area contributed by atoms with Crippen LogP contribution in [0.2, 0.25) is 0 Å². The fourth-order valence-corrected chi connectivity index (χ4v) is 3.17. The summed E-state index contributed by atoms with van der Waals surface area (Å²) in [5.74, 6) is 0.638. The minimum Gasteiger partial charge on any atom is -0.379 e. The molecule has 22 heavy (non-hydrogen) atoms. The molecule has 1 saturated heterocycles. The maximum absolute atomic E-state index is 12.2. The third kappa shape index (κ3) is 3.50. The molecule has 1 aliphatic rings. The average Bonchev–Trinajstić information content (AvgIpc) is 2.85. The summed E-state index contributed by atoms with van der Waals surface area (Å²) >= 11 is 0. The van der Waals surface area contributed by atoms with E-state index in [4.69, 9.17) is 4.74 Å². The van der Waals surface area contributed by atoms with Gasteiger partial charge in [0, 0.05) is 37.1 Å². The summed E-state index contributed by atoms with van der Waals surface area (Å²) in [5.41, 5.74) is 2.48. The number of H-pyrrole nitrogens is 1. The zero-order chi connectivity index (χ0) is 15.4. The van der Waals surface area contributed by atoms with E-state index < -0.39 is 0 Å². The number of carbonyl (C=O) groups is 1. The Morgan fingerprint density at radius 2 is 2.32 bits per heavy atom. The first-order chi connectivity index (χ1) is 10.8. The molecule has 2 aromatic rings. The van der Waals surface area contributed by atoms with Crippen LogP contribution in [0.25, 0.3) is 10.9 Å². The molecule has 4 heteroatoms. The predicted molar refractivity (Wildman–Crippen MR) is 87.8 cm³/mol. The molecule has 0 spiro atoms. The molecular formula is C18H24N2O2. The first-order valence-corrected chi connectivity index (χ1v) is 8.18. The number of amides is 1. The summed E-state index contributed by atoms with van der Waals surface area (Å²) in [5, 5.41) is 1.24. The number of ether oxygens (including phenoxy) is 1. The van der Waals surface area contributed by atoms with Crippen molar-refractivity contribution >= 4 is 16.8 Å². The molecule has 0 aliphatic carbocycles. The average molecular weight is 300 g/mol. The highest BCUT2D eigenvalue weighted by Gasteiger charge is 2.22. The molecular weight excluding hydrogens is 276 g/mol. The normalized spacial score (nSPS) is 19.3. The number of hydrogen-bond donors (Lipinski definition) is 1. The van der Waals surface area contributed by atoms with Crippen LogP contribution in [0, 0.1) is 5.92 Å². The quantitative estimate of drug-likeness (QED) is 0.943. The molecule has 1 fully saturated rings. The van der Waals surface area contributed by atoms with Gasteiger partial charge in [-0.05, 0) is 42.0 Å². The van der Waals surface area contributed by atoms with Gasteiger partial charge in [-0.25, -0.2) is 0 Å². The van der Waals surface area contributed by atoms with E-state index in [9.17, 15) is 4.79 Å². The van der Waals surface area contributed by atoms with Gasteiger partial charge in [0.15, 0.2) is 0 Å². The van der Waals surface area contributed by atoms with Crippen molar-refractivity contribution in [2.75, 3.05) is 26.3 Å². The van der Waals surface area contributed by atoms with Crippen LogP contribution in [0.5, 0.6) is 0 Å². The molecule has 1 aromatic heterocycles. The van der Waals surface area contributed by atoms with Crippen LogP contribution >= 0.6 is 0 Å². The Morgan fingerprint density at radius 3 is 3.18 bits per heavy atom. The summed E-state index contributed by atoms with van der Waals surface area (Å²) < 4.78 is 5.71. The van der Waals surface area contributed by atoms with Crippen molar-refractivity contribution in [1.82, 2.24) is 9.88 Å². The van der Waals surface area contributed by atoms with Gasteiger partial charge in [0.25, 0.3) is 0 Å². The largest absolute Gasteiger partial charge is 0.379 e. The first-order valence-electron chi connectivity index (χ1n) is 8.18. The van der Waals surface area contributed by atoms with Crippen LogP contribution in [-0.2, 0) is 16.0 Å². The van der Waals surface area contributed by atoms with Gasteiger partial charge in [-0.1, -0.05) is 13.0 Å². The second kappa shape index (κ2) is 6.97. The standard InChI is InChI=1S/C18H24N2O2/c1-2-3-18(21)20-8-9-22-13-15(12-20)10-14-4-5-17-16(11-14)6-7-19-17/h4-7,11,15,19H,2-3,8-10,12-13H2,1H3/t15-/m1/s1. The molecule has 0 bridgehead atoms. The van der Waals surface area contributed by atoms with Gasteiger partial charge in [-0.2, -0.15) is 0 Å². The molecule has 0 unspecified atom stereocenters. The van der Waals surface area contributed by atoms with Crippen molar-refractivity contribution in [2.24, 2.45) is 5.92 Å². The van der Waals surface area contributed by atoms with Gasteiger partial charge < -0.3 is 14.6 Å². The van der Waals surface area contributed by atoms with Crippen LogP contribution in [0.4, 0.5) is 0 Å². The lowest BCUT2D eigenvalue weighted by Crippen LogP contribution is -2.36. The Kier molecular flexibility index (Phi) is 4.78. The number of nitrogens with one attached hydrogen (secondary N) is 1. The molecule has 2 heterocycles. The molecule has 1 aromatic carbocycles. The zero-order valence-corrected chi connectivity index (χ0v) is 13.2. The Bertz CT molecular complexity index is 635. The third-order valence-electron chi connectivity index (χ3n) is 4.30. The van der Waals surface area contributed by atoms with E-state index in [1.54, 1.807) is 0 Å². The fraction of sp³-hybridized carbons (Fsp3) is 0.500. The highest BCUT2D eigenvalue weighted by Crippen LogP contribution is 2.19. The topological polar surface area (TPSA) is 45.3 Å². The lowest BCUT2D eigenvalue weighted by Gasteiger charge is -2.23. The van der Waals surface area contributed by atoms with Crippen molar-refractivity contribution < 1.29 is 9.53 Å².